The number of ether oxygens (including phenoxy) is 1. The van der Waals surface area contributed by atoms with Crippen molar-refractivity contribution in [3.63, 3.8) is 0 Å². The SMILES string of the molecule is CCCNC1CC(c2ncc(Cl)s2)Oc2cc(F)ccc21. The minimum Gasteiger partial charge on any atom is -0.483 e. The molecule has 1 aliphatic heterocycles. The van der Waals surface area contributed by atoms with E-state index in [0.29, 0.717) is 10.1 Å². The van der Waals surface area contributed by atoms with Gasteiger partial charge in [-0.1, -0.05) is 24.6 Å². The van der Waals surface area contributed by atoms with Crippen LogP contribution < -0.4 is 10.1 Å². The lowest BCUT2D eigenvalue weighted by Gasteiger charge is -2.32. The first kappa shape index (κ1) is 14.8. The van der Waals surface area contributed by atoms with E-state index in [9.17, 15) is 4.39 Å². The van der Waals surface area contributed by atoms with Gasteiger partial charge in [0.05, 0.1) is 6.20 Å². The number of fused-ring (bicyclic) bond motifs is 1. The molecule has 0 radical (unpaired) electrons. The molecule has 0 fully saturated rings. The van der Waals surface area contributed by atoms with Gasteiger partial charge < -0.3 is 10.1 Å². The van der Waals surface area contributed by atoms with Gasteiger partial charge in [0.2, 0.25) is 0 Å². The summed E-state index contributed by atoms with van der Waals surface area (Å²) in [6.07, 6.45) is 3.25. The number of nitrogens with zero attached hydrogens (tertiary/aromatic N) is 1. The highest BCUT2D eigenvalue weighted by Gasteiger charge is 2.31. The maximum absolute atomic E-state index is 13.5. The molecule has 0 saturated carbocycles. The van der Waals surface area contributed by atoms with Gasteiger partial charge in [-0.05, 0) is 19.0 Å². The van der Waals surface area contributed by atoms with Crippen LogP contribution in [0.2, 0.25) is 4.34 Å². The number of aromatic nitrogens is 1. The maximum Gasteiger partial charge on any atom is 0.152 e. The summed E-state index contributed by atoms with van der Waals surface area (Å²) < 4.78 is 20.0. The summed E-state index contributed by atoms with van der Waals surface area (Å²) in [6.45, 7) is 3.03. The molecule has 0 aliphatic carbocycles. The van der Waals surface area contributed by atoms with Crippen LogP contribution in [0.3, 0.4) is 0 Å². The van der Waals surface area contributed by atoms with Gasteiger partial charge in [-0.15, -0.1) is 11.3 Å². The van der Waals surface area contributed by atoms with Gasteiger partial charge in [0.15, 0.2) is 6.10 Å². The summed E-state index contributed by atoms with van der Waals surface area (Å²) in [7, 11) is 0. The molecule has 2 unspecified atom stereocenters. The largest absolute Gasteiger partial charge is 0.483 e. The van der Waals surface area contributed by atoms with Crippen molar-refractivity contribution in [2.45, 2.75) is 31.9 Å². The molecular formula is C15H16ClFN2OS. The average molecular weight is 327 g/mol. The van der Waals surface area contributed by atoms with Gasteiger partial charge in [0.1, 0.15) is 20.9 Å². The third kappa shape index (κ3) is 3.20. The number of halogens is 2. The normalized spacial score (nSPS) is 20.9. The topological polar surface area (TPSA) is 34.2 Å². The predicted octanol–water partition coefficient (Wildman–Crippen LogP) is 4.50. The summed E-state index contributed by atoms with van der Waals surface area (Å²) in [6, 6.07) is 4.85. The van der Waals surface area contributed by atoms with Crippen molar-refractivity contribution in [2.75, 3.05) is 6.54 Å². The Morgan fingerprint density at radius 3 is 3.10 bits per heavy atom. The minimum absolute atomic E-state index is 0.141. The molecule has 112 valence electrons. The number of nitrogens with one attached hydrogen (secondary N) is 1. The third-order valence-corrected chi connectivity index (χ3v) is 4.69. The van der Waals surface area contributed by atoms with Crippen molar-refractivity contribution in [3.05, 3.63) is 45.1 Å². The van der Waals surface area contributed by atoms with E-state index in [1.807, 2.05) is 0 Å². The fourth-order valence-corrected chi connectivity index (χ4v) is 3.49. The molecule has 2 aromatic rings. The van der Waals surface area contributed by atoms with Gasteiger partial charge in [-0.2, -0.15) is 0 Å². The number of hydrogen-bond acceptors (Lipinski definition) is 4. The summed E-state index contributed by atoms with van der Waals surface area (Å²) in [5, 5.41) is 4.33. The lowest BCUT2D eigenvalue weighted by atomic mass is 9.96. The summed E-state index contributed by atoms with van der Waals surface area (Å²) >= 11 is 7.36. The van der Waals surface area contributed by atoms with Gasteiger partial charge >= 0.3 is 0 Å². The van der Waals surface area contributed by atoms with E-state index >= 15 is 0 Å². The lowest BCUT2D eigenvalue weighted by Crippen LogP contribution is -2.29. The van der Waals surface area contributed by atoms with Gasteiger partial charge in [0.25, 0.3) is 0 Å². The van der Waals surface area contributed by atoms with Crippen LogP contribution in [0.25, 0.3) is 0 Å². The highest BCUT2D eigenvalue weighted by molar-refractivity contribution is 7.15. The molecule has 3 rings (SSSR count). The Labute approximate surface area is 132 Å². The first-order valence-corrected chi connectivity index (χ1v) is 8.17. The Bertz CT molecular complexity index is 634. The van der Waals surface area contributed by atoms with Crippen LogP contribution >= 0.6 is 22.9 Å². The quantitative estimate of drug-likeness (QED) is 0.898. The highest BCUT2D eigenvalue weighted by Crippen LogP contribution is 2.42. The van der Waals surface area contributed by atoms with E-state index < -0.39 is 0 Å². The molecule has 1 aromatic carbocycles. The first-order valence-electron chi connectivity index (χ1n) is 6.98. The summed E-state index contributed by atoms with van der Waals surface area (Å²) in [4.78, 5) is 4.29. The zero-order valence-electron chi connectivity index (χ0n) is 11.6. The summed E-state index contributed by atoms with van der Waals surface area (Å²) in [5.74, 6) is 0.298. The molecule has 1 N–H and O–H groups in total. The molecule has 6 heteroatoms. The molecule has 2 heterocycles. The second kappa shape index (κ2) is 6.30. The monoisotopic (exact) mass is 326 g/mol. The van der Waals surface area contributed by atoms with E-state index in [1.165, 1.54) is 23.5 Å². The van der Waals surface area contributed by atoms with E-state index in [1.54, 1.807) is 12.3 Å². The first-order chi connectivity index (χ1) is 10.2. The second-order valence-corrected chi connectivity index (χ2v) is 6.73. The van der Waals surface area contributed by atoms with Crippen molar-refractivity contribution in [1.82, 2.24) is 10.3 Å². The fraction of sp³-hybridized carbons (Fsp3) is 0.400. The minimum atomic E-state index is -0.291. The van der Waals surface area contributed by atoms with Gasteiger partial charge in [-0.25, -0.2) is 9.37 Å². The molecule has 0 bridgehead atoms. The molecule has 0 amide bonds. The van der Waals surface area contributed by atoms with Crippen molar-refractivity contribution in [1.29, 1.82) is 0 Å². The third-order valence-electron chi connectivity index (χ3n) is 3.48. The molecule has 1 aromatic heterocycles. The standard InChI is InChI=1S/C15H16ClFN2OS/c1-2-5-18-11-7-13(15-19-8-14(16)21-15)20-12-6-9(17)3-4-10(11)12/h3-4,6,8,11,13,18H,2,5,7H2,1H3. The van der Waals surface area contributed by atoms with Crippen LogP contribution in [0.4, 0.5) is 4.39 Å². The van der Waals surface area contributed by atoms with Crippen LogP contribution in [0.1, 0.15) is 42.5 Å². The number of hydrogen-bond donors (Lipinski definition) is 1. The molecule has 3 nitrogen and oxygen atoms in total. The Hall–Kier alpha value is -1.17. The lowest BCUT2D eigenvalue weighted by molar-refractivity contribution is 0.150. The van der Waals surface area contributed by atoms with Crippen molar-refractivity contribution in [2.24, 2.45) is 0 Å². The predicted molar refractivity (Wildman–Crippen MR) is 82.5 cm³/mol. The Morgan fingerprint density at radius 1 is 1.52 bits per heavy atom. The smallest absolute Gasteiger partial charge is 0.152 e. The van der Waals surface area contributed by atoms with E-state index in [4.69, 9.17) is 16.3 Å². The summed E-state index contributed by atoms with van der Waals surface area (Å²) in [5.41, 5.74) is 1.00. The van der Waals surface area contributed by atoms with Crippen molar-refractivity contribution >= 4 is 22.9 Å². The Balaban J connectivity index is 1.91. The number of rotatable bonds is 4. The molecule has 1 aliphatic rings. The van der Waals surface area contributed by atoms with Crippen molar-refractivity contribution < 1.29 is 9.13 Å². The van der Waals surface area contributed by atoms with Crippen LogP contribution in [-0.2, 0) is 0 Å². The van der Waals surface area contributed by atoms with Gasteiger partial charge in [0, 0.05) is 24.1 Å². The Morgan fingerprint density at radius 2 is 2.38 bits per heavy atom. The average Bonchev–Trinajstić information content (AvgIpc) is 2.90. The maximum atomic E-state index is 13.5. The zero-order chi connectivity index (χ0) is 14.8. The van der Waals surface area contributed by atoms with E-state index in [2.05, 4.69) is 17.2 Å². The fourth-order valence-electron chi connectivity index (χ4n) is 2.52. The zero-order valence-corrected chi connectivity index (χ0v) is 13.2. The van der Waals surface area contributed by atoms with Gasteiger partial charge in [-0.3, -0.25) is 0 Å². The van der Waals surface area contributed by atoms with Crippen molar-refractivity contribution in [3.8, 4) is 5.75 Å². The van der Waals surface area contributed by atoms with Crippen LogP contribution in [-0.4, -0.2) is 11.5 Å². The highest BCUT2D eigenvalue weighted by atomic mass is 35.5. The van der Waals surface area contributed by atoms with E-state index in [0.717, 1.165) is 30.0 Å². The van der Waals surface area contributed by atoms with Crippen LogP contribution in [0, 0.1) is 5.82 Å². The molecule has 0 saturated heterocycles. The number of thiazole rings is 1. The second-order valence-electron chi connectivity index (χ2n) is 5.03. The van der Waals surface area contributed by atoms with Crippen LogP contribution in [0.15, 0.2) is 24.4 Å². The van der Waals surface area contributed by atoms with Crippen LogP contribution in [0.5, 0.6) is 5.75 Å². The van der Waals surface area contributed by atoms with E-state index in [-0.39, 0.29) is 18.0 Å². The molecule has 2 atom stereocenters. The Kier molecular flexibility index (Phi) is 4.42. The molecular weight excluding hydrogens is 311 g/mol. The number of benzene rings is 1. The molecule has 0 spiro atoms. The molecule has 21 heavy (non-hydrogen) atoms.